The van der Waals surface area contributed by atoms with Crippen LogP contribution in [0.1, 0.15) is 6.92 Å². The van der Waals surface area contributed by atoms with Gasteiger partial charge in [0.2, 0.25) is 5.91 Å². The summed E-state index contributed by atoms with van der Waals surface area (Å²) >= 11 is 1.43. The van der Waals surface area contributed by atoms with Crippen LogP contribution in [0.2, 0.25) is 0 Å². The van der Waals surface area contributed by atoms with E-state index in [1.807, 2.05) is 0 Å². The van der Waals surface area contributed by atoms with Crippen molar-refractivity contribution in [1.29, 1.82) is 0 Å². The lowest BCUT2D eigenvalue weighted by Crippen LogP contribution is -2.74. The van der Waals surface area contributed by atoms with Crippen LogP contribution in [0.3, 0.4) is 0 Å². The highest BCUT2D eigenvalue weighted by molar-refractivity contribution is 8.00. The highest BCUT2D eigenvalue weighted by atomic mass is 32.2. The van der Waals surface area contributed by atoms with Crippen LogP contribution in [0, 0.1) is 5.92 Å². The average molecular weight is 274 g/mol. The van der Waals surface area contributed by atoms with Crippen molar-refractivity contribution in [1.82, 2.24) is 4.90 Å². The summed E-state index contributed by atoms with van der Waals surface area (Å²) in [5.41, 5.74) is 5.62. The largest absolute Gasteiger partial charge is 0.480 e. The van der Waals surface area contributed by atoms with Crippen LogP contribution in [0.5, 0.6) is 0 Å². The molecule has 7 nitrogen and oxygen atoms in total. The fraction of sp³-hybridized carbons (Fsp3) is 0.700. The number of esters is 1. The number of fused-ring (bicyclic) bond motifs is 1. The topological polar surface area (TPSA) is 110 Å². The van der Waals surface area contributed by atoms with Crippen molar-refractivity contribution in [2.75, 3.05) is 12.4 Å². The number of hydrogen-bond acceptors (Lipinski definition) is 6. The number of amides is 1. The van der Waals surface area contributed by atoms with Gasteiger partial charge in [-0.3, -0.25) is 9.59 Å². The molecule has 1 amide bonds. The van der Waals surface area contributed by atoms with E-state index in [-0.39, 0.29) is 17.9 Å². The third-order valence-electron chi connectivity index (χ3n) is 3.10. The fourth-order valence-corrected chi connectivity index (χ4v) is 3.66. The van der Waals surface area contributed by atoms with Crippen LogP contribution in [0.25, 0.3) is 0 Å². The Labute approximate surface area is 108 Å². The molecule has 0 aromatic carbocycles. The van der Waals surface area contributed by atoms with E-state index in [0.717, 1.165) is 0 Å². The molecule has 2 fully saturated rings. The Bertz CT molecular complexity index is 402. The molecule has 0 aromatic heterocycles. The van der Waals surface area contributed by atoms with Gasteiger partial charge in [-0.2, -0.15) is 0 Å². The molecule has 0 bridgehead atoms. The summed E-state index contributed by atoms with van der Waals surface area (Å²) < 4.78 is 4.85. The Morgan fingerprint density at radius 2 is 2.28 bits per heavy atom. The van der Waals surface area contributed by atoms with E-state index in [1.165, 1.54) is 23.6 Å². The summed E-state index contributed by atoms with van der Waals surface area (Å²) in [6.07, 6.45) is 0. The Balaban J connectivity index is 2.10. The molecule has 8 heteroatoms. The van der Waals surface area contributed by atoms with Gasteiger partial charge in [0, 0.05) is 18.6 Å². The smallest absolute Gasteiger partial charge is 0.326 e. The van der Waals surface area contributed by atoms with Crippen molar-refractivity contribution in [3.63, 3.8) is 0 Å². The predicted molar refractivity (Wildman–Crippen MR) is 62.6 cm³/mol. The molecule has 2 aliphatic rings. The highest BCUT2D eigenvalue weighted by Crippen LogP contribution is 2.39. The van der Waals surface area contributed by atoms with Gasteiger partial charge in [0.25, 0.3) is 0 Å². The third-order valence-corrected chi connectivity index (χ3v) is 4.58. The van der Waals surface area contributed by atoms with Crippen LogP contribution in [-0.4, -0.2) is 57.7 Å². The maximum atomic E-state index is 11.6. The second-order valence-electron chi connectivity index (χ2n) is 4.34. The number of carbonyl (C=O) groups is 3. The average Bonchev–Trinajstić information content (AvgIpc) is 2.33. The minimum atomic E-state index is -1.09. The molecule has 0 aliphatic carbocycles. The van der Waals surface area contributed by atoms with Crippen molar-refractivity contribution in [3.8, 4) is 0 Å². The number of carboxylic acid groups (broad SMARTS) is 1. The number of β-lactam (4-membered cyclic amide) rings is 1. The lowest BCUT2D eigenvalue weighted by molar-refractivity contribution is -0.165. The van der Waals surface area contributed by atoms with Gasteiger partial charge in [-0.15, -0.1) is 11.8 Å². The zero-order chi connectivity index (χ0) is 13.4. The Hall–Kier alpha value is -1.28. The third kappa shape index (κ3) is 2.05. The first-order valence-electron chi connectivity index (χ1n) is 5.49. The molecule has 2 saturated heterocycles. The number of ether oxygens (including phenoxy) is 1. The van der Waals surface area contributed by atoms with Crippen molar-refractivity contribution in [2.45, 2.75) is 24.4 Å². The number of aliphatic carboxylic acids is 1. The molecule has 3 unspecified atom stereocenters. The van der Waals surface area contributed by atoms with Crippen molar-refractivity contribution in [2.24, 2.45) is 11.7 Å². The second-order valence-corrected chi connectivity index (χ2v) is 5.49. The lowest BCUT2D eigenvalue weighted by atomic mass is 9.94. The maximum absolute atomic E-state index is 11.6. The minimum Gasteiger partial charge on any atom is -0.480 e. The zero-order valence-corrected chi connectivity index (χ0v) is 10.6. The van der Waals surface area contributed by atoms with Crippen LogP contribution in [0.15, 0.2) is 0 Å². The van der Waals surface area contributed by atoms with Crippen molar-refractivity contribution in [3.05, 3.63) is 0 Å². The van der Waals surface area contributed by atoms with E-state index in [2.05, 4.69) is 0 Å². The monoisotopic (exact) mass is 274 g/mol. The molecule has 4 atom stereocenters. The molecule has 2 heterocycles. The second kappa shape index (κ2) is 4.77. The number of hydrogen-bond donors (Lipinski definition) is 2. The van der Waals surface area contributed by atoms with E-state index in [0.29, 0.717) is 5.75 Å². The summed E-state index contributed by atoms with van der Waals surface area (Å²) in [6, 6.07) is -1.57. The normalized spacial score (nSPS) is 34.6. The lowest BCUT2D eigenvalue weighted by Gasteiger charge is -2.52. The summed E-state index contributed by atoms with van der Waals surface area (Å²) in [5, 5.41) is 8.94. The summed E-state index contributed by atoms with van der Waals surface area (Å²) in [6.45, 7) is 1.27. The summed E-state index contributed by atoms with van der Waals surface area (Å²) in [4.78, 5) is 34.9. The zero-order valence-electron chi connectivity index (χ0n) is 9.74. The number of carboxylic acids is 1. The molecule has 3 N–H and O–H groups in total. The van der Waals surface area contributed by atoms with E-state index in [9.17, 15) is 19.5 Å². The van der Waals surface area contributed by atoms with Crippen molar-refractivity contribution < 1.29 is 24.2 Å². The molecule has 18 heavy (non-hydrogen) atoms. The summed E-state index contributed by atoms with van der Waals surface area (Å²) in [5.74, 6) is -1.79. The van der Waals surface area contributed by atoms with Gasteiger partial charge >= 0.3 is 11.9 Å². The molecular weight excluding hydrogens is 260 g/mol. The van der Waals surface area contributed by atoms with Crippen molar-refractivity contribution >= 4 is 29.6 Å². The van der Waals surface area contributed by atoms with Crippen LogP contribution in [0.4, 0.5) is 0 Å². The van der Waals surface area contributed by atoms with Gasteiger partial charge in [0.15, 0.2) is 0 Å². The van der Waals surface area contributed by atoms with Crippen LogP contribution in [-0.2, 0) is 19.1 Å². The SMILES string of the molecule is CC(=O)OCC1CS[C@@H]2C(N)C(=O)N2C1C(=O)O. The number of thioether (sulfide) groups is 1. The molecule has 0 spiro atoms. The van der Waals surface area contributed by atoms with Crippen LogP contribution >= 0.6 is 11.8 Å². The standard InChI is InChI=1S/C10H14N2O5S/c1-4(13)17-2-5-3-18-9-6(11)8(14)12(9)7(5)10(15)16/h5-7,9H,2-3,11H2,1H3,(H,15,16)/t5?,6?,7?,9-/m1/s1. The van der Waals surface area contributed by atoms with Gasteiger partial charge in [0.05, 0.1) is 6.61 Å². The van der Waals surface area contributed by atoms with E-state index >= 15 is 0 Å². The van der Waals surface area contributed by atoms with Crippen LogP contribution < -0.4 is 5.73 Å². The van der Waals surface area contributed by atoms with Gasteiger partial charge < -0.3 is 20.5 Å². The Morgan fingerprint density at radius 3 is 2.83 bits per heavy atom. The Kier molecular flexibility index (Phi) is 3.49. The summed E-state index contributed by atoms with van der Waals surface area (Å²) in [7, 11) is 0. The Morgan fingerprint density at radius 1 is 1.61 bits per heavy atom. The van der Waals surface area contributed by atoms with E-state index in [1.54, 1.807) is 0 Å². The molecule has 0 aromatic rings. The quantitative estimate of drug-likeness (QED) is 0.494. The number of rotatable bonds is 3. The van der Waals surface area contributed by atoms with Gasteiger partial charge in [-0.1, -0.05) is 0 Å². The van der Waals surface area contributed by atoms with Gasteiger partial charge in [-0.05, 0) is 0 Å². The molecule has 100 valence electrons. The highest BCUT2D eigenvalue weighted by Gasteiger charge is 2.56. The first-order valence-corrected chi connectivity index (χ1v) is 6.54. The molecule has 2 aliphatic heterocycles. The fourth-order valence-electron chi connectivity index (χ4n) is 2.21. The molecule has 0 radical (unpaired) electrons. The molecular formula is C10H14N2O5S. The van der Waals surface area contributed by atoms with E-state index < -0.39 is 29.9 Å². The number of nitrogens with two attached hydrogens (primary N) is 1. The van der Waals surface area contributed by atoms with E-state index in [4.69, 9.17) is 10.5 Å². The van der Waals surface area contributed by atoms with Gasteiger partial charge in [0.1, 0.15) is 17.5 Å². The van der Waals surface area contributed by atoms with Gasteiger partial charge in [-0.25, -0.2) is 4.79 Å². The minimum absolute atomic E-state index is 0.00500. The predicted octanol–water partition coefficient (Wildman–Crippen LogP) is -1.14. The number of nitrogens with zero attached hydrogens (tertiary/aromatic N) is 1. The maximum Gasteiger partial charge on any atom is 0.326 e. The molecule has 0 saturated carbocycles. The molecule has 2 rings (SSSR count). The first-order chi connectivity index (χ1) is 8.43. The number of carbonyl (C=O) groups excluding carboxylic acids is 2. The first kappa shape index (κ1) is 13.2.